The molecule has 0 aliphatic rings. The predicted octanol–water partition coefficient (Wildman–Crippen LogP) is 3.52. The Bertz CT molecular complexity index is 502. The highest BCUT2D eigenvalue weighted by molar-refractivity contribution is 7.09. The second-order valence-corrected chi connectivity index (χ2v) is 6.07. The monoisotopic (exact) mass is 274 g/mol. The minimum atomic E-state index is 0.467. The normalized spacial score (nSPS) is 12.6. The summed E-state index contributed by atoms with van der Waals surface area (Å²) in [4.78, 5) is 4.57. The molecule has 102 valence electrons. The van der Waals surface area contributed by atoms with E-state index in [9.17, 15) is 0 Å². The Labute approximate surface area is 119 Å². The maximum Gasteiger partial charge on any atom is 0.0897 e. The van der Waals surface area contributed by atoms with Gasteiger partial charge in [-0.05, 0) is 32.4 Å². The van der Waals surface area contributed by atoms with E-state index in [1.807, 2.05) is 0 Å². The van der Waals surface area contributed by atoms with Gasteiger partial charge >= 0.3 is 0 Å². The predicted molar refractivity (Wildman–Crippen MR) is 82.9 cm³/mol. The first-order chi connectivity index (χ1) is 9.17. The van der Waals surface area contributed by atoms with E-state index in [2.05, 4.69) is 60.7 Å². The molecule has 19 heavy (non-hydrogen) atoms. The van der Waals surface area contributed by atoms with Crippen LogP contribution in [0.15, 0.2) is 29.6 Å². The molecule has 0 amide bonds. The number of likely N-dealkylation sites (N-methyl/N-ethyl adjacent to an activating group) is 1. The third-order valence-electron chi connectivity index (χ3n) is 3.22. The molecule has 1 atom stereocenters. The van der Waals surface area contributed by atoms with E-state index in [1.54, 1.807) is 11.3 Å². The molecule has 3 heteroatoms. The van der Waals surface area contributed by atoms with Gasteiger partial charge in [-0.1, -0.05) is 36.8 Å². The Morgan fingerprint density at radius 1 is 1.16 bits per heavy atom. The summed E-state index contributed by atoms with van der Waals surface area (Å²) >= 11 is 1.73. The van der Waals surface area contributed by atoms with Crippen LogP contribution in [0.2, 0.25) is 0 Å². The number of hydrogen-bond acceptors (Lipinski definition) is 3. The Morgan fingerprint density at radius 2 is 1.89 bits per heavy atom. The highest BCUT2D eigenvalue weighted by Crippen LogP contribution is 2.13. The Morgan fingerprint density at radius 3 is 2.47 bits per heavy atom. The summed E-state index contributed by atoms with van der Waals surface area (Å²) in [6.07, 6.45) is 2.07. The number of thiazole rings is 1. The number of benzene rings is 1. The lowest BCUT2D eigenvalue weighted by Gasteiger charge is -2.17. The van der Waals surface area contributed by atoms with Crippen LogP contribution in [-0.4, -0.2) is 17.6 Å². The van der Waals surface area contributed by atoms with E-state index < -0.39 is 0 Å². The molecule has 0 saturated carbocycles. The number of nitrogens with zero attached hydrogens (tertiary/aromatic N) is 1. The first-order valence-corrected chi connectivity index (χ1v) is 7.75. The van der Waals surface area contributed by atoms with Crippen LogP contribution in [0.4, 0.5) is 0 Å². The average Bonchev–Trinajstić information content (AvgIpc) is 2.78. The number of nitrogens with one attached hydrogen (secondary N) is 1. The lowest BCUT2D eigenvalue weighted by atomic mass is 10.0. The van der Waals surface area contributed by atoms with Crippen LogP contribution in [0.5, 0.6) is 0 Å². The fourth-order valence-corrected chi connectivity index (χ4v) is 2.89. The Balaban J connectivity index is 2.01. The van der Waals surface area contributed by atoms with Gasteiger partial charge in [-0.25, -0.2) is 4.98 Å². The summed E-state index contributed by atoms with van der Waals surface area (Å²) in [5.41, 5.74) is 3.92. The van der Waals surface area contributed by atoms with Gasteiger partial charge in [0.1, 0.15) is 0 Å². The molecule has 2 aromatic rings. The molecule has 0 aliphatic heterocycles. The Hall–Kier alpha value is -1.19. The first-order valence-electron chi connectivity index (χ1n) is 6.87. The van der Waals surface area contributed by atoms with Crippen molar-refractivity contribution in [3.63, 3.8) is 0 Å². The average molecular weight is 274 g/mol. The highest BCUT2D eigenvalue weighted by atomic mass is 32.1. The minimum absolute atomic E-state index is 0.467. The number of aromatic nitrogens is 1. The Kier molecular flexibility index (Phi) is 5.11. The van der Waals surface area contributed by atoms with E-state index in [1.165, 1.54) is 16.8 Å². The molecule has 0 fully saturated rings. The standard InChI is InChI=1S/C16H22N2S/c1-4-17-15(10-16-11-19-13(3)18-16)9-14-7-5-12(2)6-8-14/h5-8,11,15,17H,4,9-10H2,1-3H3. The number of aryl methyl sites for hydroxylation is 2. The first kappa shape index (κ1) is 14.2. The van der Waals surface area contributed by atoms with Gasteiger partial charge < -0.3 is 5.32 Å². The van der Waals surface area contributed by atoms with Crippen molar-refractivity contribution in [2.24, 2.45) is 0 Å². The molecule has 1 unspecified atom stereocenters. The molecule has 0 aliphatic carbocycles. The van der Waals surface area contributed by atoms with Gasteiger partial charge in [0.05, 0.1) is 10.7 Å². The van der Waals surface area contributed by atoms with Crippen molar-refractivity contribution in [1.29, 1.82) is 0 Å². The van der Waals surface area contributed by atoms with Gasteiger partial charge in [0.15, 0.2) is 0 Å². The summed E-state index contributed by atoms with van der Waals surface area (Å²) in [5, 5.41) is 6.90. The van der Waals surface area contributed by atoms with Crippen molar-refractivity contribution < 1.29 is 0 Å². The maximum atomic E-state index is 4.57. The van der Waals surface area contributed by atoms with Crippen LogP contribution < -0.4 is 5.32 Å². The van der Waals surface area contributed by atoms with E-state index in [0.29, 0.717) is 6.04 Å². The zero-order valence-corrected chi connectivity index (χ0v) is 12.8. The van der Waals surface area contributed by atoms with E-state index >= 15 is 0 Å². The molecule has 1 aromatic heterocycles. The van der Waals surface area contributed by atoms with Crippen LogP contribution >= 0.6 is 11.3 Å². The molecule has 1 N–H and O–H groups in total. The fraction of sp³-hybridized carbons (Fsp3) is 0.438. The third kappa shape index (κ3) is 4.44. The van der Waals surface area contributed by atoms with Gasteiger partial charge in [0, 0.05) is 17.8 Å². The second kappa shape index (κ2) is 6.83. The SMILES string of the molecule is CCNC(Cc1ccc(C)cc1)Cc1csc(C)n1. The fourth-order valence-electron chi connectivity index (χ4n) is 2.27. The molecule has 0 bridgehead atoms. The summed E-state index contributed by atoms with van der Waals surface area (Å²) in [7, 11) is 0. The van der Waals surface area contributed by atoms with Crippen LogP contribution in [0, 0.1) is 13.8 Å². The second-order valence-electron chi connectivity index (χ2n) is 5.01. The lowest BCUT2D eigenvalue weighted by molar-refractivity contribution is 0.517. The lowest BCUT2D eigenvalue weighted by Crippen LogP contribution is -2.33. The van der Waals surface area contributed by atoms with Crippen molar-refractivity contribution in [1.82, 2.24) is 10.3 Å². The number of hydrogen-bond donors (Lipinski definition) is 1. The van der Waals surface area contributed by atoms with Crippen molar-refractivity contribution in [3.05, 3.63) is 51.5 Å². The molecule has 0 spiro atoms. The van der Waals surface area contributed by atoms with Gasteiger partial charge in [-0.15, -0.1) is 11.3 Å². The zero-order chi connectivity index (χ0) is 13.7. The van der Waals surface area contributed by atoms with E-state index in [4.69, 9.17) is 0 Å². The van der Waals surface area contributed by atoms with Crippen LogP contribution in [0.3, 0.4) is 0 Å². The van der Waals surface area contributed by atoms with Crippen molar-refractivity contribution >= 4 is 11.3 Å². The topological polar surface area (TPSA) is 24.9 Å². The number of rotatable bonds is 6. The zero-order valence-electron chi connectivity index (χ0n) is 11.9. The van der Waals surface area contributed by atoms with Crippen molar-refractivity contribution in [2.45, 2.75) is 39.7 Å². The summed E-state index contributed by atoms with van der Waals surface area (Å²) in [6, 6.07) is 9.29. The molecule has 2 nitrogen and oxygen atoms in total. The third-order valence-corrected chi connectivity index (χ3v) is 4.04. The van der Waals surface area contributed by atoms with E-state index in [-0.39, 0.29) is 0 Å². The van der Waals surface area contributed by atoms with Crippen LogP contribution in [0.1, 0.15) is 28.8 Å². The molecule has 0 radical (unpaired) electrons. The molecule has 0 saturated heterocycles. The van der Waals surface area contributed by atoms with Gasteiger partial charge in [-0.2, -0.15) is 0 Å². The van der Waals surface area contributed by atoms with Crippen molar-refractivity contribution in [3.8, 4) is 0 Å². The smallest absolute Gasteiger partial charge is 0.0897 e. The maximum absolute atomic E-state index is 4.57. The van der Waals surface area contributed by atoms with Gasteiger partial charge in [0.2, 0.25) is 0 Å². The molecule has 1 heterocycles. The molecule has 1 aromatic carbocycles. The molecular weight excluding hydrogens is 252 g/mol. The van der Waals surface area contributed by atoms with Crippen LogP contribution in [-0.2, 0) is 12.8 Å². The minimum Gasteiger partial charge on any atom is -0.314 e. The van der Waals surface area contributed by atoms with Gasteiger partial charge in [0.25, 0.3) is 0 Å². The van der Waals surface area contributed by atoms with Gasteiger partial charge in [-0.3, -0.25) is 0 Å². The van der Waals surface area contributed by atoms with E-state index in [0.717, 1.165) is 24.4 Å². The largest absolute Gasteiger partial charge is 0.314 e. The quantitative estimate of drug-likeness (QED) is 0.871. The van der Waals surface area contributed by atoms with Crippen molar-refractivity contribution in [2.75, 3.05) is 6.54 Å². The summed E-state index contributed by atoms with van der Waals surface area (Å²) < 4.78 is 0. The highest BCUT2D eigenvalue weighted by Gasteiger charge is 2.11. The summed E-state index contributed by atoms with van der Waals surface area (Å²) in [6.45, 7) is 7.36. The summed E-state index contributed by atoms with van der Waals surface area (Å²) in [5.74, 6) is 0. The molecular formula is C16H22N2S. The van der Waals surface area contributed by atoms with Crippen LogP contribution in [0.25, 0.3) is 0 Å². The molecule has 2 rings (SSSR count).